The van der Waals surface area contributed by atoms with Gasteiger partial charge in [-0.25, -0.2) is 0 Å². The highest BCUT2D eigenvalue weighted by Gasteiger charge is 2.13. The third-order valence-electron chi connectivity index (χ3n) is 1.85. The second-order valence-electron chi connectivity index (χ2n) is 2.66. The number of hydrogen-bond acceptors (Lipinski definition) is 5. The Balaban J connectivity index is 3.11. The van der Waals surface area contributed by atoms with E-state index in [1.165, 1.54) is 0 Å². The largest absolute Gasteiger partial charge is 0.492 e. The predicted molar refractivity (Wildman–Crippen MR) is 53.9 cm³/mol. The van der Waals surface area contributed by atoms with Crippen molar-refractivity contribution in [2.45, 2.75) is 13.8 Å². The molecule has 14 heavy (non-hydrogen) atoms. The average Bonchev–Trinajstić information content (AvgIpc) is 2.16. The van der Waals surface area contributed by atoms with Crippen molar-refractivity contribution >= 4 is 17.5 Å². The molecule has 0 fully saturated rings. The van der Waals surface area contributed by atoms with E-state index in [-0.39, 0.29) is 11.0 Å². The Labute approximate surface area is 87.0 Å². The van der Waals surface area contributed by atoms with Gasteiger partial charge >= 0.3 is 0 Å². The summed E-state index contributed by atoms with van der Waals surface area (Å²) in [4.78, 5) is 9.30. The van der Waals surface area contributed by atoms with E-state index in [4.69, 9.17) is 11.6 Å². The number of aromatic hydroxyl groups is 2. The van der Waals surface area contributed by atoms with Crippen LogP contribution in [0.15, 0.2) is 0 Å². The first-order valence-electron chi connectivity index (χ1n) is 4.30. The second-order valence-corrected chi connectivity index (χ2v) is 3.04. The molecule has 1 rings (SSSR count). The van der Waals surface area contributed by atoms with Crippen molar-refractivity contribution in [3.63, 3.8) is 0 Å². The zero-order valence-electron chi connectivity index (χ0n) is 8.03. The van der Waals surface area contributed by atoms with Crippen LogP contribution in [0, 0.1) is 0 Å². The monoisotopic (exact) mass is 217 g/mol. The summed E-state index contributed by atoms with van der Waals surface area (Å²) >= 11 is 5.50. The lowest BCUT2D eigenvalue weighted by molar-refractivity contribution is 0.421. The number of anilines is 1. The van der Waals surface area contributed by atoms with E-state index in [0.29, 0.717) is 13.1 Å². The third-order valence-corrected chi connectivity index (χ3v) is 2.19. The number of halogens is 1. The number of hydrogen-bond donors (Lipinski definition) is 2. The molecule has 0 spiro atoms. The zero-order valence-corrected chi connectivity index (χ0v) is 8.78. The fraction of sp³-hybridized carbons (Fsp3) is 0.500. The molecule has 0 radical (unpaired) electrons. The van der Waals surface area contributed by atoms with E-state index in [1.54, 1.807) is 4.90 Å². The van der Waals surface area contributed by atoms with E-state index in [2.05, 4.69) is 9.97 Å². The lowest BCUT2D eigenvalue weighted by Crippen LogP contribution is -2.24. The van der Waals surface area contributed by atoms with Gasteiger partial charge in [0.25, 0.3) is 0 Å². The predicted octanol–water partition coefficient (Wildman–Crippen LogP) is 1.39. The van der Waals surface area contributed by atoms with Crippen LogP contribution >= 0.6 is 11.6 Å². The van der Waals surface area contributed by atoms with Crippen LogP contribution < -0.4 is 4.90 Å². The summed E-state index contributed by atoms with van der Waals surface area (Å²) in [5.41, 5.74) is 0. The topological polar surface area (TPSA) is 69.5 Å². The number of rotatable bonds is 3. The Morgan fingerprint density at radius 3 is 1.93 bits per heavy atom. The van der Waals surface area contributed by atoms with Crippen LogP contribution in [0.1, 0.15) is 13.8 Å². The fourth-order valence-electron chi connectivity index (χ4n) is 1.06. The summed E-state index contributed by atoms with van der Waals surface area (Å²) in [5, 5.41) is 18.3. The van der Waals surface area contributed by atoms with Crippen molar-refractivity contribution in [3.8, 4) is 11.8 Å². The van der Waals surface area contributed by atoms with Crippen molar-refractivity contribution < 1.29 is 10.2 Å². The van der Waals surface area contributed by atoms with Gasteiger partial charge in [-0.3, -0.25) is 0 Å². The van der Waals surface area contributed by atoms with E-state index in [9.17, 15) is 10.2 Å². The molecule has 0 aromatic carbocycles. The minimum atomic E-state index is -0.402. The van der Waals surface area contributed by atoms with Gasteiger partial charge in [0.1, 0.15) is 0 Å². The smallest absolute Gasteiger partial charge is 0.239 e. The molecule has 78 valence electrons. The standard InChI is InChI=1S/C8H12ClN3O2/c1-3-12(4-2)8-10-6(13)5(9)7(14)11-8/h3-4H2,1-2H3,(H2,10,11,13,14). The van der Waals surface area contributed by atoms with E-state index >= 15 is 0 Å². The molecule has 0 saturated carbocycles. The molecule has 0 aliphatic carbocycles. The Kier molecular flexibility index (Phi) is 3.35. The highest BCUT2D eigenvalue weighted by atomic mass is 35.5. The summed E-state index contributed by atoms with van der Waals surface area (Å²) in [5.74, 6) is -0.531. The fourth-order valence-corrected chi connectivity index (χ4v) is 1.14. The molecule has 0 aliphatic rings. The average molecular weight is 218 g/mol. The van der Waals surface area contributed by atoms with Crippen LogP contribution in [-0.2, 0) is 0 Å². The Hall–Kier alpha value is -1.23. The molecule has 0 bridgehead atoms. The third kappa shape index (κ3) is 1.98. The normalized spacial score (nSPS) is 10.2. The molecular weight excluding hydrogens is 206 g/mol. The summed E-state index contributed by atoms with van der Waals surface area (Å²) < 4.78 is 0. The van der Waals surface area contributed by atoms with Crippen molar-refractivity contribution in [1.29, 1.82) is 0 Å². The van der Waals surface area contributed by atoms with Crippen LogP contribution in [0.5, 0.6) is 11.8 Å². The Morgan fingerprint density at radius 1 is 1.14 bits per heavy atom. The lowest BCUT2D eigenvalue weighted by Gasteiger charge is -2.18. The minimum absolute atomic E-state index is 0.221. The highest BCUT2D eigenvalue weighted by molar-refractivity contribution is 6.33. The lowest BCUT2D eigenvalue weighted by atomic mass is 10.5. The molecule has 2 N–H and O–H groups in total. The number of aromatic nitrogens is 2. The summed E-state index contributed by atoms with van der Waals surface area (Å²) in [7, 11) is 0. The summed E-state index contributed by atoms with van der Waals surface area (Å²) in [6.45, 7) is 5.24. The SMILES string of the molecule is CCN(CC)c1nc(O)c(Cl)c(O)n1. The van der Waals surface area contributed by atoms with Crippen molar-refractivity contribution in [3.05, 3.63) is 5.02 Å². The molecule has 0 saturated heterocycles. The van der Waals surface area contributed by atoms with E-state index in [1.807, 2.05) is 13.8 Å². The minimum Gasteiger partial charge on any atom is -0.492 e. The summed E-state index contributed by atoms with van der Waals surface area (Å²) in [6.07, 6.45) is 0. The van der Waals surface area contributed by atoms with Crippen molar-refractivity contribution in [2.75, 3.05) is 18.0 Å². The van der Waals surface area contributed by atoms with Gasteiger partial charge in [-0.05, 0) is 13.8 Å². The quantitative estimate of drug-likeness (QED) is 0.801. The van der Waals surface area contributed by atoms with Crippen molar-refractivity contribution in [1.82, 2.24) is 9.97 Å². The van der Waals surface area contributed by atoms with Gasteiger partial charge < -0.3 is 15.1 Å². The Morgan fingerprint density at radius 2 is 1.57 bits per heavy atom. The molecule has 0 amide bonds. The maximum Gasteiger partial charge on any atom is 0.239 e. The van der Waals surface area contributed by atoms with Gasteiger partial charge in [-0.2, -0.15) is 9.97 Å². The van der Waals surface area contributed by atoms with Crippen molar-refractivity contribution in [2.24, 2.45) is 0 Å². The van der Waals surface area contributed by atoms with Gasteiger partial charge in [0.15, 0.2) is 5.02 Å². The molecule has 1 heterocycles. The summed E-state index contributed by atoms with van der Waals surface area (Å²) in [6, 6.07) is 0. The first kappa shape index (κ1) is 10.8. The molecule has 0 atom stereocenters. The highest BCUT2D eigenvalue weighted by Crippen LogP contribution is 2.30. The maximum absolute atomic E-state index is 9.25. The van der Waals surface area contributed by atoms with Gasteiger partial charge in [-0.15, -0.1) is 0 Å². The van der Waals surface area contributed by atoms with Gasteiger partial charge in [0.2, 0.25) is 17.7 Å². The van der Waals surface area contributed by atoms with Crippen LogP contribution in [0.2, 0.25) is 5.02 Å². The maximum atomic E-state index is 9.25. The molecule has 5 nitrogen and oxygen atoms in total. The van der Waals surface area contributed by atoms with Crippen LogP contribution in [0.4, 0.5) is 5.95 Å². The molecule has 1 aromatic heterocycles. The second kappa shape index (κ2) is 4.32. The Bertz CT molecular complexity index is 305. The molecule has 0 unspecified atom stereocenters. The van der Waals surface area contributed by atoms with E-state index < -0.39 is 11.8 Å². The molecule has 1 aromatic rings. The van der Waals surface area contributed by atoms with Crippen LogP contribution in [-0.4, -0.2) is 33.3 Å². The van der Waals surface area contributed by atoms with Gasteiger partial charge in [-0.1, -0.05) is 11.6 Å². The number of nitrogens with zero attached hydrogens (tertiary/aromatic N) is 3. The van der Waals surface area contributed by atoms with Crippen LogP contribution in [0.3, 0.4) is 0 Å². The van der Waals surface area contributed by atoms with Gasteiger partial charge in [0.05, 0.1) is 0 Å². The van der Waals surface area contributed by atoms with Gasteiger partial charge in [0, 0.05) is 13.1 Å². The molecule has 0 aliphatic heterocycles. The van der Waals surface area contributed by atoms with Crippen LogP contribution in [0.25, 0.3) is 0 Å². The molecular formula is C8H12ClN3O2. The van der Waals surface area contributed by atoms with E-state index in [0.717, 1.165) is 0 Å². The zero-order chi connectivity index (χ0) is 10.7. The molecule has 6 heteroatoms. The first-order valence-corrected chi connectivity index (χ1v) is 4.68. The first-order chi connectivity index (χ1) is 6.60.